The molecule has 0 radical (unpaired) electrons. The second-order valence-corrected chi connectivity index (χ2v) is 6.18. The van der Waals surface area contributed by atoms with Crippen LogP contribution in [0.5, 0.6) is 0 Å². The topological polar surface area (TPSA) is 26.0 Å². The third-order valence-electron chi connectivity index (χ3n) is 4.08. The average Bonchev–Trinajstić information content (AvgIpc) is 2.25. The molecule has 0 amide bonds. The first-order chi connectivity index (χ1) is 7.89. The molecule has 0 saturated heterocycles. The van der Waals surface area contributed by atoms with Crippen LogP contribution >= 0.6 is 0 Å². The van der Waals surface area contributed by atoms with E-state index in [0.717, 1.165) is 24.0 Å². The standard InChI is InChI=1S/C15H22FN/c1-10-4-5-11(16)8-12(10)13-9-15(2,3)7-6-14(13)17/h4-5,8,13-14H,6-7,9,17H2,1-3H3. The van der Waals surface area contributed by atoms with Crippen molar-refractivity contribution in [3.05, 3.63) is 35.1 Å². The molecule has 1 nitrogen and oxygen atoms in total. The molecular formula is C15H22FN. The van der Waals surface area contributed by atoms with E-state index in [1.54, 1.807) is 6.07 Å². The minimum atomic E-state index is -0.152. The van der Waals surface area contributed by atoms with Gasteiger partial charge in [-0.2, -0.15) is 0 Å². The summed E-state index contributed by atoms with van der Waals surface area (Å²) in [6.07, 6.45) is 3.26. The lowest BCUT2D eigenvalue weighted by Crippen LogP contribution is -2.38. The Morgan fingerprint density at radius 3 is 2.76 bits per heavy atom. The molecule has 0 heterocycles. The molecular weight excluding hydrogens is 213 g/mol. The number of hydrogen-bond acceptors (Lipinski definition) is 1. The molecule has 94 valence electrons. The molecule has 1 aromatic carbocycles. The van der Waals surface area contributed by atoms with Crippen molar-refractivity contribution in [1.82, 2.24) is 0 Å². The summed E-state index contributed by atoms with van der Waals surface area (Å²) in [4.78, 5) is 0. The summed E-state index contributed by atoms with van der Waals surface area (Å²) in [6.45, 7) is 6.60. The zero-order valence-corrected chi connectivity index (χ0v) is 11.0. The fraction of sp³-hybridized carbons (Fsp3) is 0.600. The number of rotatable bonds is 1. The first kappa shape index (κ1) is 12.6. The molecule has 0 aliphatic heterocycles. The van der Waals surface area contributed by atoms with Crippen LogP contribution in [-0.4, -0.2) is 6.04 Å². The summed E-state index contributed by atoms with van der Waals surface area (Å²) in [6, 6.07) is 5.22. The predicted octanol–water partition coefficient (Wildman–Crippen LogP) is 3.76. The van der Waals surface area contributed by atoms with Crippen molar-refractivity contribution in [2.45, 2.75) is 52.0 Å². The van der Waals surface area contributed by atoms with Crippen molar-refractivity contribution in [1.29, 1.82) is 0 Å². The minimum Gasteiger partial charge on any atom is -0.327 e. The highest BCUT2D eigenvalue weighted by Gasteiger charge is 2.34. The van der Waals surface area contributed by atoms with E-state index in [4.69, 9.17) is 5.73 Å². The molecule has 2 N–H and O–H groups in total. The Labute approximate surface area is 103 Å². The Hall–Kier alpha value is -0.890. The quantitative estimate of drug-likeness (QED) is 0.788. The zero-order chi connectivity index (χ0) is 12.6. The van der Waals surface area contributed by atoms with Crippen molar-refractivity contribution >= 4 is 0 Å². The molecule has 2 atom stereocenters. The maximum atomic E-state index is 13.4. The van der Waals surface area contributed by atoms with Gasteiger partial charge in [-0.15, -0.1) is 0 Å². The zero-order valence-electron chi connectivity index (χ0n) is 11.0. The lowest BCUT2D eigenvalue weighted by atomic mass is 9.67. The molecule has 0 aromatic heterocycles. The van der Waals surface area contributed by atoms with Gasteiger partial charge in [0.1, 0.15) is 5.82 Å². The van der Waals surface area contributed by atoms with Gasteiger partial charge in [0, 0.05) is 6.04 Å². The highest BCUT2D eigenvalue weighted by atomic mass is 19.1. The number of hydrogen-bond donors (Lipinski definition) is 1. The summed E-state index contributed by atoms with van der Waals surface area (Å²) >= 11 is 0. The minimum absolute atomic E-state index is 0.152. The molecule has 2 rings (SSSR count). The van der Waals surface area contributed by atoms with Crippen molar-refractivity contribution in [3.63, 3.8) is 0 Å². The van der Waals surface area contributed by atoms with Crippen LogP contribution in [0.3, 0.4) is 0 Å². The molecule has 17 heavy (non-hydrogen) atoms. The molecule has 1 aliphatic carbocycles. The second-order valence-electron chi connectivity index (χ2n) is 6.18. The third kappa shape index (κ3) is 2.68. The van der Waals surface area contributed by atoms with Crippen LogP contribution in [0, 0.1) is 18.2 Å². The summed E-state index contributed by atoms with van der Waals surface area (Å²) in [7, 11) is 0. The lowest BCUT2D eigenvalue weighted by molar-refractivity contribution is 0.198. The van der Waals surface area contributed by atoms with Crippen LogP contribution in [0.2, 0.25) is 0 Å². The molecule has 1 aromatic rings. The highest BCUT2D eigenvalue weighted by Crippen LogP contribution is 2.43. The maximum Gasteiger partial charge on any atom is 0.123 e. The van der Waals surface area contributed by atoms with E-state index in [1.165, 1.54) is 12.5 Å². The van der Waals surface area contributed by atoms with Crippen molar-refractivity contribution in [2.75, 3.05) is 0 Å². The monoisotopic (exact) mass is 235 g/mol. The summed E-state index contributed by atoms with van der Waals surface area (Å²) in [5.74, 6) is 0.149. The van der Waals surface area contributed by atoms with Crippen LogP contribution < -0.4 is 5.73 Å². The fourth-order valence-electron chi connectivity index (χ4n) is 2.96. The number of halogens is 1. The number of aryl methyl sites for hydroxylation is 1. The molecule has 1 fully saturated rings. The van der Waals surface area contributed by atoms with Crippen LogP contribution in [0.4, 0.5) is 4.39 Å². The van der Waals surface area contributed by atoms with Gasteiger partial charge in [-0.1, -0.05) is 19.9 Å². The molecule has 2 unspecified atom stereocenters. The van der Waals surface area contributed by atoms with Crippen molar-refractivity contribution in [2.24, 2.45) is 11.1 Å². The van der Waals surface area contributed by atoms with Crippen LogP contribution in [0.15, 0.2) is 18.2 Å². The Balaban J connectivity index is 2.34. The lowest BCUT2D eigenvalue weighted by Gasteiger charge is -2.40. The van der Waals surface area contributed by atoms with Gasteiger partial charge < -0.3 is 5.73 Å². The van der Waals surface area contributed by atoms with E-state index >= 15 is 0 Å². The summed E-state index contributed by atoms with van der Waals surface area (Å²) in [5.41, 5.74) is 8.81. The van der Waals surface area contributed by atoms with Gasteiger partial charge in [-0.3, -0.25) is 0 Å². The second kappa shape index (κ2) is 4.41. The molecule has 1 aliphatic rings. The summed E-state index contributed by atoms with van der Waals surface area (Å²) in [5, 5.41) is 0. The Morgan fingerprint density at radius 2 is 2.06 bits per heavy atom. The SMILES string of the molecule is Cc1ccc(F)cc1C1CC(C)(C)CCC1N. The average molecular weight is 235 g/mol. The van der Waals surface area contributed by atoms with Crippen molar-refractivity contribution < 1.29 is 4.39 Å². The molecule has 2 heteroatoms. The smallest absolute Gasteiger partial charge is 0.123 e. The van der Waals surface area contributed by atoms with Gasteiger partial charge in [0.25, 0.3) is 0 Å². The Kier molecular flexibility index (Phi) is 3.26. The van der Waals surface area contributed by atoms with E-state index in [1.807, 2.05) is 13.0 Å². The molecule has 0 spiro atoms. The normalized spacial score (nSPS) is 28.1. The first-order valence-corrected chi connectivity index (χ1v) is 6.41. The third-order valence-corrected chi connectivity index (χ3v) is 4.08. The van der Waals surface area contributed by atoms with E-state index in [2.05, 4.69) is 13.8 Å². The number of benzene rings is 1. The van der Waals surface area contributed by atoms with E-state index in [0.29, 0.717) is 11.3 Å². The number of nitrogens with two attached hydrogens (primary N) is 1. The van der Waals surface area contributed by atoms with E-state index in [9.17, 15) is 4.39 Å². The van der Waals surface area contributed by atoms with Gasteiger partial charge >= 0.3 is 0 Å². The van der Waals surface area contributed by atoms with Crippen molar-refractivity contribution in [3.8, 4) is 0 Å². The fourth-order valence-corrected chi connectivity index (χ4v) is 2.96. The molecule has 0 bridgehead atoms. The highest BCUT2D eigenvalue weighted by molar-refractivity contribution is 5.31. The Bertz CT molecular complexity index is 411. The molecule has 1 saturated carbocycles. The van der Waals surface area contributed by atoms with E-state index in [-0.39, 0.29) is 11.9 Å². The van der Waals surface area contributed by atoms with Gasteiger partial charge in [0.2, 0.25) is 0 Å². The van der Waals surface area contributed by atoms with Gasteiger partial charge in [0.05, 0.1) is 0 Å². The van der Waals surface area contributed by atoms with Gasteiger partial charge in [0.15, 0.2) is 0 Å². The Morgan fingerprint density at radius 1 is 1.35 bits per heavy atom. The van der Waals surface area contributed by atoms with E-state index < -0.39 is 0 Å². The maximum absolute atomic E-state index is 13.4. The first-order valence-electron chi connectivity index (χ1n) is 6.41. The van der Waals surface area contributed by atoms with Crippen LogP contribution in [-0.2, 0) is 0 Å². The van der Waals surface area contributed by atoms with Crippen LogP contribution in [0.1, 0.15) is 50.2 Å². The van der Waals surface area contributed by atoms with Gasteiger partial charge in [-0.05, 0) is 60.8 Å². The van der Waals surface area contributed by atoms with Crippen LogP contribution in [0.25, 0.3) is 0 Å². The predicted molar refractivity (Wildman–Crippen MR) is 69.5 cm³/mol. The summed E-state index contributed by atoms with van der Waals surface area (Å²) < 4.78 is 13.4. The van der Waals surface area contributed by atoms with Gasteiger partial charge in [-0.25, -0.2) is 4.39 Å². The largest absolute Gasteiger partial charge is 0.327 e.